The molecule has 0 saturated heterocycles. The Morgan fingerprint density at radius 1 is 1.39 bits per heavy atom. The molecule has 2 rings (SSSR count). The summed E-state index contributed by atoms with van der Waals surface area (Å²) in [6, 6.07) is 10.9. The molecule has 94 valence electrons. The van der Waals surface area contributed by atoms with Crippen LogP contribution in [0.25, 0.3) is 0 Å². The molecule has 3 nitrogen and oxygen atoms in total. The number of nitrogens with one attached hydrogen (secondary N) is 1. The Bertz CT molecular complexity index is 526. The van der Waals surface area contributed by atoms with E-state index in [-0.39, 0.29) is 5.91 Å². The van der Waals surface area contributed by atoms with Crippen molar-refractivity contribution in [1.82, 2.24) is 0 Å². The lowest BCUT2D eigenvalue weighted by molar-refractivity contribution is -0.117. The van der Waals surface area contributed by atoms with Gasteiger partial charge in [0.2, 0.25) is 5.91 Å². The first-order chi connectivity index (χ1) is 8.70. The van der Waals surface area contributed by atoms with Crippen molar-refractivity contribution in [2.45, 2.75) is 10.9 Å². The van der Waals surface area contributed by atoms with Crippen LogP contribution in [-0.2, 0) is 4.79 Å². The van der Waals surface area contributed by atoms with Gasteiger partial charge in [0.05, 0.1) is 0 Å². The third kappa shape index (κ3) is 3.13. The highest BCUT2D eigenvalue weighted by molar-refractivity contribution is 7.98. The molecule has 0 fully saturated rings. The second kappa shape index (κ2) is 6.04. The zero-order valence-corrected chi connectivity index (χ0v) is 11.6. The van der Waals surface area contributed by atoms with Crippen molar-refractivity contribution in [2.75, 3.05) is 11.6 Å². The first kappa shape index (κ1) is 13.1. The lowest BCUT2D eigenvalue weighted by atomic mass is 10.2. The first-order valence-corrected chi connectivity index (χ1v) is 7.55. The molecule has 3 N–H and O–H groups in total. The van der Waals surface area contributed by atoms with E-state index in [1.165, 1.54) is 11.3 Å². The van der Waals surface area contributed by atoms with Crippen molar-refractivity contribution in [3.05, 3.63) is 46.7 Å². The largest absolute Gasteiger partial charge is 0.324 e. The van der Waals surface area contributed by atoms with Gasteiger partial charge >= 0.3 is 0 Å². The molecule has 1 aromatic heterocycles. The molecule has 0 aliphatic heterocycles. The van der Waals surface area contributed by atoms with Crippen LogP contribution in [0, 0.1) is 0 Å². The van der Waals surface area contributed by atoms with Crippen molar-refractivity contribution in [3.63, 3.8) is 0 Å². The summed E-state index contributed by atoms with van der Waals surface area (Å²) in [4.78, 5) is 14.0. The molecule has 0 bridgehead atoms. The standard InChI is InChI=1S/C13H14N2OS2/c1-17-10-5-2-4-9(8-10)15-13(16)12(14)11-6-3-7-18-11/h2-8,12H,14H2,1H3,(H,15,16). The van der Waals surface area contributed by atoms with Crippen LogP contribution >= 0.6 is 23.1 Å². The molecule has 2 aromatic rings. The number of benzene rings is 1. The normalized spacial score (nSPS) is 12.1. The van der Waals surface area contributed by atoms with Gasteiger partial charge in [-0.05, 0) is 35.9 Å². The van der Waals surface area contributed by atoms with Crippen molar-refractivity contribution >= 4 is 34.7 Å². The Labute approximate surface area is 114 Å². The summed E-state index contributed by atoms with van der Waals surface area (Å²) < 4.78 is 0. The predicted molar refractivity (Wildman–Crippen MR) is 78.1 cm³/mol. The lowest BCUT2D eigenvalue weighted by Gasteiger charge is -2.11. The van der Waals surface area contributed by atoms with Crippen molar-refractivity contribution in [2.24, 2.45) is 5.73 Å². The van der Waals surface area contributed by atoms with Crippen molar-refractivity contribution < 1.29 is 4.79 Å². The lowest BCUT2D eigenvalue weighted by Crippen LogP contribution is -2.26. The Kier molecular flexibility index (Phi) is 4.41. The molecule has 1 heterocycles. The van der Waals surface area contributed by atoms with E-state index in [9.17, 15) is 4.79 Å². The zero-order chi connectivity index (χ0) is 13.0. The fourth-order valence-electron chi connectivity index (χ4n) is 1.52. The van der Waals surface area contributed by atoms with E-state index < -0.39 is 6.04 Å². The highest BCUT2D eigenvalue weighted by Gasteiger charge is 2.16. The number of carbonyl (C=O) groups is 1. The van der Waals surface area contributed by atoms with E-state index in [1.807, 2.05) is 48.0 Å². The number of thiophene rings is 1. The van der Waals surface area contributed by atoms with E-state index in [0.29, 0.717) is 0 Å². The Morgan fingerprint density at radius 3 is 2.89 bits per heavy atom. The van der Waals surface area contributed by atoms with Gasteiger partial charge < -0.3 is 11.1 Å². The van der Waals surface area contributed by atoms with E-state index >= 15 is 0 Å². The monoisotopic (exact) mass is 278 g/mol. The third-order valence-corrected chi connectivity index (χ3v) is 4.15. The Morgan fingerprint density at radius 2 is 2.22 bits per heavy atom. The molecule has 0 aliphatic carbocycles. The zero-order valence-electron chi connectivity index (χ0n) is 9.92. The number of hydrogen-bond donors (Lipinski definition) is 2. The molecule has 0 saturated carbocycles. The third-order valence-electron chi connectivity index (χ3n) is 2.47. The van der Waals surface area contributed by atoms with Gasteiger partial charge in [-0.25, -0.2) is 0 Å². The van der Waals surface area contributed by atoms with Crippen LogP contribution in [0.15, 0.2) is 46.7 Å². The number of rotatable bonds is 4. The van der Waals surface area contributed by atoms with E-state index in [4.69, 9.17) is 5.73 Å². The number of nitrogens with two attached hydrogens (primary N) is 1. The van der Waals surface area contributed by atoms with Crippen molar-refractivity contribution in [1.29, 1.82) is 0 Å². The van der Waals surface area contributed by atoms with Crippen LogP contribution in [0.5, 0.6) is 0 Å². The molecule has 0 radical (unpaired) electrons. The minimum Gasteiger partial charge on any atom is -0.324 e. The molecular formula is C13H14N2OS2. The molecular weight excluding hydrogens is 264 g/mol. The van der Waals surface area contributed by atoms with E-state index in [0.717, 1.165) is 15.5 Å². The maximum atomic E-state index is 12.0. The molecule has 0 aliphatic rings. The van der Waals surface area contributed by atoms with Crippen LogP contribution in [0.4, 0.5) is 5.69 Å². The minimum absolute atomic E-state index is 0.185. The van der Waals surface area contributed by atoms with Gasteiger partial charge in [0, 0.05) is 15.5 Å². The number of anilines is 1. The second-order valence-electron chi connectivity index (χ2n) is 3.71. The Balaban J connectivity index is 2.06. The van der Waals surface area contributed by atoms with Crippen molar-refractivity contribution in [3.8, 4) is 0 Å². The molecule has 1 atom stereocenters. The van der Waals surface area contributed by atoms with Gasteiger partial charge in [-0.2, -0.15) is 0 Å². The summed E-state index contributed by atoms with van der Waals surface area (Å²) in [6.07, 6.45) is 2.00. The minimum atomic E-state index is -0.608. The van der Waals surface area contributed by atoms with Crippen LogP contribution in [0.3, 0.4) is 0 Å². The summed E-state index contributed by atoms with van der Waals surface area (Å²) in [6.45, 7) is 0. The molecule has 1 amide bonds. The van der Waals surface area contributed by atoms with Gasteiger partial charge in [0.25, 0.3) is 0 Å². The summed E-state index contributed by atoms with van der Waals surface area (Å²) in [5.74, 6) is -0.185. The number of hydrogen-bond acceptors (Lipinski definition) is 4. The number of carbonyl (C=O) groups excluding carboxylic acids is 1. The fourth-order valence-corrected chi connectivity index (χ4v) is 2.70. The maximum absolute atomic E-state index is 12.0. The van der Waals surface area contributed by atoms with Gasteiger partial charge in [0.1, 0.15) is 6.04 Å². The smallest absolute Gasteiger partial charge is 0.246 e. The Hall–Kier alpha value is -1.30. The first-order valence-electron chi connectivity index (χ1n) is 5.44. The molecule has 0 spiro atoms. The summed E-state index contributed by atoms with van der Waals surface area (Å²) in [5, 5.41) is 4.75. The van der Waals surface area contributed by atoms with Gasteiger partial charge in [0.15, 0.2) is 0 Å². The summed E-state index contributed by atoms with van der Waals surface area (Å²) >= 11 is 3.12. The van der Waals surface area contributed by atoms with E-state index in [1.54, 1.807) is 11.8 Å². The second-order valence-corrected chi connectivity index (χ2v) is 5.57. The van der Waals surface area contributed by atoms with E-state index in [2.05, 4.69) is 5.32 Å². The quantitative estimate of drug-likeness (QED) is 0.845. The molecule has 18 heavy (non-hydrogen) atoms. The van der Waals surface area contributed by atoms with Gasteiger partial charge in [-0.1, -0.05) is 12.1 Å². The maximum Gasteiger partial charge on any atom is 0.246 e. The highest BCUT2D eigenvalue weighted by Crippen LogP contribution is 2.21. The molecule has 5 heteroatoms. The summed E-state index contributed by atoms with van der Waals surface area (Å²) in [7, 11) is 0. The van der Waals surface area contributed by atoms with Gasteiger partial charge in [-0.15, -0.1) is 23.1 Å². The van der Waals surface area contributed by atoms with Crippen LogP contribution in [0.1, 0.15) is 10.9 Å². The molecule has 1 aromatic carbocycles. The predicted octanol–water partition coefficient (Wildman–Crippen LogP) is 3.11. The highest BCUT2D eigenvalue weighted by atomic mass is 32.2. The average Bonchev–Trinajstić information content (AvgIpc) is 2.92. The molecule has 1 unspecified atom stereocenters. The summed E-state index contributed by atoms with van der Waals surface area (Å²) in [5.41, 5.74) is 6.67. The van der Waals surface area contributed by atoms with Crippen LogP contribution in [-0.4, -0.2) is 12.2 Å². The average molecular weight is 278 g/mol. The fraction of sp³-hybridized carbons (Fsp3) is 0.154. The van der Waals surface area contributed by atoms with Gasteiger partial charge in [-0.3, -0.25) is 4.79 Å². The van der Waals surface area contributed by atoms with Crippen LogP contribution < -0.4 is 11.1 Å². The topological polar surface area (TPSA) is 55.1 Å². The number of amides is 1. The number of thioether (sulfide) groups is 1. The SMILES string of the molecule is CSc1cccc(NC(=O)C(N)c2cccs2)c1. The van der Waals surface area contributed by atoms with Crippen LogP contribution in [0.2, 0.25) is 0 Å².